The number of carbonyl (C=O) groups is 1. The first-order valence-electron chi connectivity index (χ1n) is 6.83. The van der Waals surface area contributed by atoms with Gasteiger partial charge in [0.25, 0.3) is 5.91 Å². The lowest BCUT2D eigenvalue weighted by molar-refractivity contribution is -0.127. The first-order valence-corrected chi connectivity index (χ1v) is 6.83. The van der Waals surface area contributed by atoms with Crippen molar-refractivity contribution < 1.29 is 19.0 Å². The number of benzene rings is 1. The summed E-state index contributed by atoms with van der Waals surface area (Å²) in [5.41, 5.74) is 0. The number of nitrogens with one attached hydrogen (secondary N) is 1. The fraction of sp³-hybridized carbons (Fsp3) is 0.533. The minimum absolute atomic E-state index is 0.127. The molecule has 1 aromatic rings. The van der Waals surface area contributed by atoms with Crippen LogP contribution in [0.3, 0.4) is 0 Å². The zero-order valence-electron chi connectivity index (χ0n) is 12.3. The van der Waals surface area contributed by atoms with Crippen LogP contribution >= 0.6 is 0 Å². The fourth-order valence-electron chi connectivity index (χ4n) is 1.59. The van der Waals surface area contributed by atoms with E-state index in [2.05, 4.69) is 5.32 Å². The number of ether oxygens (including phenoxy) is 3. The Morgan fingerprint density at radius 2 is 1.90 bits per heavy atom. The van der Waals surface area contributed by atoms with Crippen molar-refractivity contribution in [1.29, 1.82) is 0 Å². The molecule has 112 valence electrons. The van der Waals surface area contributed by atoms with E-state index in [1.165, 1.54) is 0 Å². The van der Waals surface area contributed by atoms with Crippen molar-refractivity contribution in [3.63, 3.8) is 0 Å². The van der Waals surface area contributed by atoms with Crippen LogP contribution in [0.1, 0.15) is 20.3 Å². The van der Waals surface area contributed by atoms with Gasteiger partial charge in [-0.3, -0.25) is 4.79 Å². The minimum Gasteiger partial charge on any atom is -0.497 e. The summed E-state index contributed by atoms with van der Waals surface area (Å²) in [6.07, 6.45) is 0.268. The number of hydrogen-bond donors (Lipinski definition) is 1. The van der Waals surface area contributed by atoms with Gasteiger partial charge in [-0.15, -0.1) is 0 Å². The van der Waals surface area contributed by atoms with Gasteiger partial charge in [0.15, 0.2) is 6.10 Å². The number of carbonyl (C=O) groups excluding carboxylic acids is 1. The second-order valence-corrected chi connectivity index (χ2v) is 4.28. The average Bonchev–Trinajstić information content (AvgIpc) is 2.47. The second kappa shape index (κ2) is 9.20. The molecule has 1 amide bonds. The van der Waals surface area contributed by atoms with E-state index in [4.69, 9.17) is 14.2 Å². The van der Waals surface area contributed by atoms with Gasteiger partial charge in [-0.1, -0.05) is 0 Å². The summed E-state index contributed by atoms with van der Waals surface area (Å²) in [4.78, 5) is 11.8. The molecule has 1 N–H and O–H groups in total. The number of amides is 1. The van der Waals surface area contributed by atoms with E-state index in [9.17, 15) is 4.79 Å². The maximum absolute atomic E-state index is 11.8. The lowest BCUT2D eigenvalue weighted by Gasteiger charge is -2.15. The quantitative estimate of drug-likeness (QED) is 0.703. The van der Waals surface area contributed by atoms with Crippen molar-refractivity contribution in [2.24, 2.45) is 0 Å². The van der Waals surface area contributed by atoms with Gasteiger partial charge in [0.1, 0.15) is 11.5 Å². The van der Waals surface area contributed by atoms with E-state index in [1.54, 1.807) is 38.3 Å². The highest BCUT2D eigenvalue weighted by atomic mass is 16.5. The second-order valence-electron chi connectivity index (χ2n) is 4.28. The summed E-state index contributed by atoms with van der Waals surface area (Å²) >= 11 is 0. The number of methoxy groups -OCH3 is 1. The molecule has 1 atom stereocenters. The molecule has 1 rings (SSSR count). The Morgan fingerprint density at radius 3 is 2.50 bits per heavy atom. The molecule has 5 heteroatoms. The van der Waals surface area contributed by atoms with Crippen LogP contribution in [-0.2, 0) is 9.53 Å². The lowest BCUT2D eigenvalue weighted by Crippen LogP contribution is -2.37. The zero-order valence-corrected chi connectivity index (χ0v) is 12.3. The Labute approximate surface area is 120 Å². The van der Waals surface area contributed by atoms with Crippen molar-refractivity contribution >= 4 is 5.91 Å². The SMILES string of the molecule is CCOCCCNC(=O)C(C)Oc1ccc(OC)cc1. The molecule has 0 aromatic heterocycles. The molecule has 1 unspecified atom stereocenters. The lowest BCUT2D eigenvalue weighted by atomic mass is 10.3. The fourth-order valence-corrected chi connectivity index (χ4v) is 1.59. The Balaban J connectivity index is 2.29. The zero-order chi connectivity index (χ0) is 14.8. The molecular formula is C15H23NO4. The molecule has 0 bridgehead atoms. The van der Waals surface area contributed by atoms with Crippen LogP contribution in [0.25, 0.3) is 0 Å². The van der Waals surface area contributed by atoms with E-state index in [0.29, 0.717) is 25.5 Å². The summed E-state index contributed by atoms with van der Waals surface area (Å²) in [7, 11) is 1.61. The van der Waals surface area contributed by atoms with Gasteiger partial charge in [-0.05, 0) is 44.5 Å². The topological polar surface area (TPSA) is 56.8 Å². The number of hydrogen-bond acceptors (Lipinski definition) is 4. The van der Waals surface area contributed by atoms with Crippen molar-refractivity contribution in [3.8, 4) is 11.5 Å². The number of rotatable bonds is 9. The molecule has 0 aliphatic carbocycles. The molecule has 0 spiro atoms. The van der Waals surface area contributed by atoms with Crippen LogP contribution in [0.4, 0.5) is 0 Å². The van der Waals surface area contributed by atoms with Crippen LogP contribution in [0.2, 0.25) is 0 Å². The van der Waals surface area contributed by atoms with Crippen LogP contribution in [-0.4, -0.2) is 38.9 Å². The summed E-state index contributed by atoms with van der Waals surface area (Å²) in [6, 6.07) is 7.14. The smallest absolute Gasteiger partial charge is 0.260 e. The predicted octanol–water partition coefficient (Wildman–Crippen LogP) is 2.01. The van der Waals surface area contributed by atoms with Gasteiger partial charge in [0.2, 0.25) is 0 Å². The maximum atomic E-state index is 11.8. The van der Waals surface area contributed by atoms with Crippen LogP contribution in [0, 0.1) is 0 Å². The van der Waals surface area contributed by atoms with Gasteiger partial charge < -0.3 is 19.5 Å². The standard InChI is InChI=1S/C15H23NO4/c1-4-19-11-5-10-16-15(17)12(2)20-14-8-6-13(18-3)7-9-14/h6-9,12H,4-5,10-11H2,1-3H3,(H,16,17). The summed E-state index contributed by atoms with van der Waals surface area (Å²) in [6.45, 7) is 5.62. The van der Waals surface area contributed by atoms with E-state index in [1.807, 2.05) is 6.92 Å². The van der Waals surface area contributed by atoms with Gasteiger partial charge >= 0.3 is 0 Å². The predicted molar refractivity (Wildman–Crippen MR) is 77.2 cm³/mol. The van der Waals surface area contributed by atoms with E-state index >= 15 is 0 Å². The van der Waals surface area contributed by atoms with Crippen molar-refractivity contribution in [1.82, 2.24) is 5.32 Å². The highest BCUT2D eigenvalue weighted by Crippen LogP contribution is 2.18. The first kappa shape index (κ1) is 16.3. The first-order chi connectivity index (χ1) is 9.67. The molecule has 1 aromatic carbocycles. The van der Waals surface area contributed by atoms with Gasteiger partial charge in [0, 0.05) is 19.8 Å². The minimum atomic E-state index is -0.532. The molecular weight excluding hydrogens is 258 g/mol. The third-order valence-electron chi connectivity index (χ3n) is 2.71. The van der Waals surface area contributed by atoms with Gasteiger partial charge in [0.05, 0.1) is 7.11 Å². The monoisotopic (exact) mass is 281 g/mol. The van der Waals surface area contributed by atoms with E-state index < -0.39 is 6.10 Å². The highest BCUT2D eigenvalue weighted by molar-refractivity contribution is 5.80. The Kier molecular flexibility index (Phi) is 7.50. The molecule has 5 nitrogen and oxygen atoms in total. The highest BCUT2D eigenvalue weighted by Gasteiger charge is 2.13. The Morgan fingerprint density at radius 1 is 1.25 bits per heavy atom. The van der Waals surface area contributed by atoms with Crippen LogP contribution < -0.4 is 14.8 Å². The van der Waals surface area contributed by atoms with Crippen LogP contribution in [0.15, 0.2) is 24.3 Å². The third kappa shape index (κ3) is 5.93. The molecule has 0 aliphatic heterocycles. The third-order valence-corrected chi connectivity index (χ3v) is 2.71. The summed E-state index contributed by atoms with van der Waals surface area (Å²) in [5, 5.41) is 2.82. The molecule has 20 heavy (non-hydrogen) atoms. The molecule has 0 aliphatic rings. The van der Waals surface area contributed by atoms with Gasteiger partial charge in [-0.25, -0.2) is 0 Å². The van der Waals surface area contributed by atoms with Crippen molar-refractivity contribution in [2.75, 3.05) is 26.9 Å². The van der Waals surface area contributed by atoms with Crippen molar-refractivity contribution in [3.05, 3.63) is 24.3 Å². The normalized spacial score (nSPS) is 11.8. The molecule has 0 saturated heterocycles. The summed E-state index contributed by atoms with van der Waals surface area (Å²) in [5.74, 6) is 1.27. The van der Waals surface area contributed by atoms with E-state index in [0.717, 1.165) is 12.2 Å². The Bertz CT molecular complexity index is 391. The molecule has 0 fully saturated rings. The van der Waals surface area contributed by atoms with Crippen molar-refractivity contribution in [2.45, 2.75) is 26.4 Å². The average molecular weight is 281 g/mol. The largest absolute Gasteiger partial charge is 0.497 e. The molecule has 0 radical (unpaired) electrons. The van der Waals surface area contributed by atoms with Gasteiger partial charge in [-0.2, -0.15) is 0 Å². The van der Waals surface area contributed by atoms with Crippen LogP contribution in [0.5, 0.6) is 11.5 Å². The summed E-state index contributed by atoms with van der Waals surface area (Å²) < 4.78 is 15.8. The van der Waals surface area contributed by atoms with E-state index in [-0.39, 0.29) is 5.91 Å². The molecule has 0 saturated carbocycles. The Hall–Kier alpha value is -1.75. The molecule has 0 heterocycles. The maximum Gasteiger partial charge on any atom is 0.260 e.